The van der Waals surface area contributed by atoms with Crippen molar-refractivity contribution in [1.29, 1.82) is 0 Å². The fraction of sp³-hybridized carbons (Fsp3) is 0.615. The van der Waals surface area contributed by atoms with Gasteiger partial charge in [0.1, 0.15) is 5.69 Å². The van der Waals surface area contributed by atoms with Gasteiger partial charge in [0.2, 0.25) is 0 Å². The third kappa shape index (κ3) is 3.27. The molecule has 110 valence electrons. The van der Waals surface area contributed by atoms with Gasteiger partial charge < -0.3 is 15.3 Å². The molecule has 1 aromatic heterocycles. The maximum absolute atomic E-state index is 12.1. The molecule has 2 heterocycles. The van der Waals surface area contributed by atoms with E-state index >= 15 is 0 Å². The molecular weight excluding hydrogens is 278 g/mol. The fourth-order valence-corrected chi connectivity index (χ4v) is 3.08. The van der Waals surface area contributed by atoms with Crippen LogP contribution < -0.4 is 5.32 Å². The van der Waals surface area contributed by atoms with Crippen LogP contribution >= 0.6 is 11.5 Å². The second kappa shape index (κ2) is 6.21. The van der Waals surface area contributed by atoms with Gasteiger partial charge >= 0.3 is 6.09 Å². The van der Waals surface area contributed by atoms with E-state index in [0.29, 0.717) is 25.1 Å². The topological polar surface area (TPSA) is 82.5 Å². The van der Waals surface area contributed by atoms with E-state index in [9.17, 15) is 9.59 Å². The van der Waals surface area contributed by atoms with Crippen molar-refractivity contribution in [3.63, 3.8) is 0 Å². The zero-order chi connectivity index (χ0) is 14.7. The molecule has 0 aliphatic carbocycles. The number of nitrogens with one attached hydrogen (secondary N) is 1. The van der Waals surface area contributed by atoms with Crippen molar-refractivity contribution in [1.82, 2.24) is 14.6 Å². The van der Waals surface area contributed by atoms with E-state index in [0.717, 1.165) is 11.3 Å². The van der Waals surface area contributed by atoms with Gasteiger partial charge in [0.25, 0.3) is 5.91 Å². The van der Waals surface area contributed by atoms with Gasteiger partial charge in [0, 0.05) is 23.5 Å². The van der Waals surface area contributed by atoms with E-state index in [-0.39, 0.29) is 18.0 Å². The maximum atomic E-state index is 12.1. The number of aryl methyl sites for hydroxylation is 1. The number of hydrogen-bond donors (Lipinski definition) is 2. The van der Waals surface area contributed by atoms with Crippen LogP contribution in [0, 0.1) is 0 Å². The molecule has 2 N–H and O–H groups in total. The molecule has 2 rings (SSSR count). The Balaban J connectivity index is 1.91. The maximum Gasteiger partial charge on any atom is 0.407 e. The highest BCUT2D eigenvalue weighted by molar-refractivity contribution is 7.05. The molecule has 6 nitrogen and oxygen atoms in total. The Hall–Kier alpha value is -1.63. The summed E-state index contributed by atoms with van der Waals surface area (Å²) in [4.78, 5) is 25.6. The van der Waals surface area contributed by atoms with Crippen molar-refractivity contribution in [2.75, 3.05) is 6.54 Å². The Morgan fingerprint density at radius 2 is 2.35 bits per heavy atom. The molecule has 20 heavy (non-hydrogen) atoms. The van der Waals surface area contributed by atoms with Gasteiger partial charge in [-0.2, -0.15) is 4.37 Å². The number of nitrogens with zero attached hydrogens (tertiary/aromatic N) is 2. The summed E-state index contributed by atoms with van der Waals surface area (Å²) < 4.78 is 4.14. The molecule has 0 radical (unpaired) electrons. The quantitative estimate of drug-likeness (QED) is 0.893. The van der Waals surface area contributed by atoms with Crippen LogP contribution in [0.1, 0.15) is 42.1 Å². The number of aromatic nitrogens is 1. The van der Waals surface area contributed by atoms with Crippen LogP contribution in [0.2, 0.25) is 0 Å². The lowest BCUT2D eigenvalue weighted by Gasteiger charge is -2.35. The van der Waals surface area contributed by atoms with E-state index in [4.69, 9.17) is 5.11 Å². The average molecular weight is 297 g/mol. The SMILES string of the molecule is CCc1cc(C(=O)N[C@H]2CCN(C(=O)O)[C@@H](C)C2)ns1. The van der Waals surface area contributed by atoms with E-state index in [1.165, 1.54) is 16.4 Å². The Bertz CT molecular complexity index is 503. The average Bonchev–Trinajstić information content (AvgIpc) is 2.87. The number of piperidine rings is 1. The predicted molar refractivity (Wildman–Crippen MR) is 76.2 cm³/mol. The van der Waals surface area contributed by atoms with Gasteiger partial charge in [-0.1, -0.05) is 6.92 Å². The number of carboxylic acid groups (broad SMARTS) is 1. The van der Waals surface area contributed by atoms with Crippen molar-refractivity contribution < 1.29 is 14.7 Å². The number of carbonyl (C=O) groups excluding carboxylic acids is 1. The Kier molecular flexibility index (Phi) is 4.59. The molecule has 0 spiro atoms. The zero-order valence-corrected chi connectivity index (χ0v) is 12.4. The van der Waals surface area contributed by atoms with Crippen LogP contribution in [0.15, 0.2) is 6.07 Å². The summed E-state index contributed by atoms with van der Waals surface area (Å²) in [7, 11) is 0. The Labute approximate surface area is 122 Å². The minimum atomic E-state index is -0.894. The molecule has 0 unspecified atom stereocenters. The second-order valence-electron chi connectivity index (χ2n) is 5.05. The molecule has 2 atom stereocenters. The first-order chi connectivity index (χ1) is 9.51. The first-order valence-corrected chi connectivity index (χ1v) is 7.54. The van der Waals surface area contributed by atoms with E-state index in [2.05, 4.69) is 9.69 Å². The first kappa shape index (κ1) is 14.8. The van der Waals surface area contributed by atoms with Gasteiger partial charge in [-0.05, 0) is 43.8 Å². The third-order valence-electron chi connectivity index (χ3n) is 3.60. The van der Waals surface area contributed by atoms with Crippen molar-refractivity contribution in [2.45, 2.75) is 45.2 Å². The summed E-state index contributed by atoms with van der Waals surface area (Å²) in [5, 5.41) is 12.0. The number of amides is 2. The Morgan fingerprint density at radius 3 is 2.90 bits per heavy atom. The van der Waals surface area contributed by atoms with Crippen molar-refractivity contribution >= 4 is 23.5 Å². The van der Waals surface area contributed by atoms with Crippen LogP contribution in [-0.2, 0) is 6.42 Å². The van der Waals surface area contributed by atoms with Crippen molar-refractivity contribution in [3.8, 4) is 0 Å². The molecule has 1 saturated heterocycles. The van der Waals surface area contributed by atoms with Gasteiger partial charge in [-0.3, -0.25) is 4.79 Å². The molecule has 2 amide bonds. The van der Waals surface area contributed by atoms with E-state index in [1.807, 2.05) is 19.9 Å². The zero-order valence-electron chi connectivity index (χ0n) is 11.6. The van der Waals surface area contributed by atoms with Crippen LogP contribution in [0.4, 0.5) is 4.79 Å². The second-order valence-corrected chi connectivity index (χ2v) is 5.94. The van der Waals surface area contributed by atoms with Gasteiger partial charge in [0.05, 0.1) is 0 Å². The summed E-state index contributed by atoms with van der Waals surface area (Å²) >= 11 is 1.35. The number of rotatable bonds is 3. The van der Waals surface area contributed by atoms with Gasteiger partial charge in [0.15, 0.2) is 0 Å². The summed E-state index contributed by atoms with van der Waals surface area (Å²) in [5.41, 5.74) is 0.458. The fourth-order valence-electron chi connectivity index (χ4n) is 2.43. The van der Waals surface area contributed by atoms with Gasteiger partial charge in [-0.15, -0.1) is 0 Å². The normalized spacial score (nSPS) is 22.6. The highest BCUT2D eigenvalue weighted by Crippen LogP contribution is 2.18. The third-order valence-corrected chi connectivity index (χ3v) is 4.53. The highest BCUT2D eigenvalue weighted by Gasteiger charge is 2.29. The number of hydrogen-bond acceptors (Lipinski definition) is 4. The van der Waals surface area contributed by atoms with Gasteiger partial charge in [-0.25, -0.2) is 4.79 Å². The summed E-state index contributed by atoms with van der Waals surface area (Å²) in [5.74, 6) is -0.165. The van der Waals surface area contributed by atoms with Crippen LogP contribution in [0.5, 0.6) is 0 Å². The highest BCUT2D eigenvalue weighted by atomic mass is 32.1. The molecule has 1 aliphatic rings. The minimum Gasteiger partial charge on any atom is -0.465 e. The molecule has 7 heteroatoms. The van der Waals surface area contributed by atoms with E-state index < -0.39 is 6.09 Å². The standard InChI is InChI=1S/C13H19N3O3S/c1-3-10-7-11(15-20-10)12(17)14-9-4-5-16(13(18)19)8(2)6-9/h7-9H,3-6H2,1-2H3,(H,14,17)(H,18,19)/t8-,9-/m0/s1. The van der Waals surface area contributed by atoms with Crippen molar-refractivity contribution in [2.24, 2.45) is 0 Å². The lowest BCUT2D eigenvalue weighted by atomic mass is 9.98. The van der Waals surface area contributed by atoms with Crippen molar-refractivity contribution in [3.05, 3.63) is 16.6 Å². The monoisotopic (exact) mass is 297 g/mol. The largest absolute Gasteiger partial charge is 0.465 e. The van der Waals surface area contributed by atoms with E-state index in [1.54, 1.807) is 0 Å². The lowest BCUT2D eigenvalue weighted by Crippen LogP contribution is -2.50. The first-order valence-electron chi connectivity index (χ1n) is 6.77. The minimum absolute atomic E-state index is 0.0138. The Morgan fingerprint density at radius 1 is 1.60 bits per heavy atom. The molecule has 0 bridgehead atoms. The van der Waals surface area contributed by atoms with Crippen LogP contribution in [0.25, 0.3) is 0 Å². The molecule has 0 saturated carbocycles. The summed E-state index contributed by atoms with van der Waals surface area (Å²) in [6.45, 7) is 4.35. The smallest absolute Gasteiger partial charge is 0.407 e. The molecule has 0 aromatic carbocycles. The molecular formula is C13H19N3O3S. The summed E-state index contributed by atoms with van der Waals surface area (Å²) in [6, 6.07) is 1.75. The molecule has 1 aromatic rings. The van der Waals surface area contributed by atoms with Crippen LogP contribution in [-0.4, -0.2) is 45.0 Å². The predicted octanol–water partition coefficient (Wildman–Crippen LogP) is 1.97. The molecule has 1 aliphatic heterocycles. The van der Waals surface area contributed by atoms with Crippen LogP contribution in [0.3, 0.4) is 0 Å². The number of carbonyl (C=O) groups is 2. The molecule has 1 fully saturated rings. The lowest BCUT2D eigenvalue weighted by molar-refractivity contribution is 0.0852. The summed E-state index contributed by atoms with van der Waals surface area (Å²) in [6.07, 6.45) is 1.27. The number of likely N-dealkylation sites (tertiary alicyclic amines) is 1.